The molecule has 0 radical (unpaired) electrons. The number of rotatable bonds is 3. The van der Waals surface area contributed by atoms with E-state index in [2.05, 4.69) is 0 Å². The fourth-order valence-corrected chi connectivity index (χ4v) is 1.44. The van der Waals surface area contributed by atoms with Gasteiger partial charge in [0.05, 0.1) is 10.6 Å². The van der Waals surface area contributed by atoms with Gasteiger partial charge in [0.25, 0.3) is 0 Å². The van der Waals surface area contributed by atoms with Gasteiger partial charge in [0, 0.05) is 12.1 Å². The number of alkyl halides is 3. The van der Waals surface area contributed by atoms with Gasteiger partial charge in [-0.1, -0.05) is 11.6 Å². The maximum atomic E-state index is 13.4. The fraction of sp³-hybridized carbons (Fsp3) is 0.200. The van der Waals surface area contributed by atoms with Gasteiger partial charge >= 0.3 is 12.1 Å². The Kier molecular flexibility index (Phi) is 4.35. The van der Waals surface area contributed by atoms with E-state index in [0.29, 0.717) is 0 Å². The molecular weight excluding hydrogens is 292 g/mol. The molecule has 0 spiro atoms. The normalized spacial score (nSPS) is 11.2. The smallest absolute Gasteiger partial charge is 0.366 e. The van der Waals surface area contributed by atoms with E-state index in [0.717, 1.165) is 12.1 Å². The largest absolute Gasteiger partial charge is 0.471 e. The molecule has 3 N–H and O–H groups in total. The predicted octanol–water partition coefficient (Wildman–Crippen LogP) is 1.76. The first-order valence-electron chi connectivity index (χ1n) is 4.75. The summed E-state index contributed by atoms with van der Waals surface area (Å²) in [4.78, 5) is 21.5. The molecule has 0 saturated heterocycles. The summed E-state index contributed by atoms with van der Waals surface area (Å²) >= 11 is 5.52. The summed E-state index contributed by atoms with van der Waals surface area (Å²) in [5.41, 5.74) is 4.36. The summed E-state index contributed by atoms with van der Waals surface area (Å²) in [5.74, 6) is -4.15. The van der Waals surface area contributed by atoms with Crippen molar-refractivity contribution in [2.75, 3.05) is 0 Å². The number of amides is 2. The van der Waals surface area contributed by atoms with Gasteiger partial charge in [-0.3, -0.25) is 9.59 Å². The zero-order chi connectivity index (χ0) is 14.8. The molecule has 19 heavy (non-hydrogen) atoms. The highest BCUT2D eigenvalue weighted by Gasteiger charge is 2.38. The Bertz CT molecular complexity index is 531. The lowest BCUT2D eigenvalue weighted by atomic mass is 10.1. The summed E-state index contributed by atoms with van der Waals surface area (Å²) in [6.07, 6.45) is -5.07. The Morgan fingerprint density at radius 2 is 1.89 bits per heavy atom. The molecule has 1 aromatic rings. The topological polar surface area (TPSA) is 72.2 Å². The van der Waals surface area contributed by atoms with Crippen molar-refractivity contribution in [3.63, 3.8) is 0 Å². The van der Waals surface area contributed by atoms with Crippen LogP contribution in [0.3, 0.4) is 0 Å². The van der Waals surface area contributed by atoms with Crippen molar-refractivity contribution in [2.45, 2.75) is 12.7 Å². The van der Waals surface area contributed by atoms with E-state index >= 15 is 0 Å². The van der Waals surface area contributed by atoms with Crippen molar-refractivity contribution in [3.05, 3.63) is 34.1 Å². The highest BCUT2D eigenvalue weighted by Crippen LogP contribution is 2.21. The lowest BCUT2D eigenvalue weighted by Gasteiger charge is -2.10. The van der Waals surface area contributed by atoms with Gasteiger partial charge in [0.1, 0.15) is 5.82 Å². The molecule has 9 heteroatoms. The van der Waals surface area contributed by atoms with E-state index in [9.17, 15) is 27.2 Å². The Balaban J connectivity index is 2.93. The Morgan fingerprint density at radius 3 is 2.37 bits per heavy atom. The first-order valence-corrected chi connectivity index (χ1v) is 5.13. The van der Waals surface area contributed by atoms with Crippen LogP contribution in [0.4, 0.5) is 17.6 Å². The molecule has 0 aliphatic heterocycles. The highest BCUT2D eigenvalue weighted by atomic mass is 35.5. The molecular formula is C10H7ClF4N2O2. The highest BCUT2D eigenvalue weighted by molar-refractivity contribution is 6.33. The molecule has 104 valence electrons. The third kappa shape index (κ3) is 3.82. The second kappa shape index (κ2) is 5.43. The molecule has 0 fully saturated rings. The number of benzene rings is 1. The summed E-state index contributed by atoms with van der Waals surface area (Å²) in [5, 5.41) is 1.20. The van der Waals surface area contributed by atoms with Crippen LogP contribution in [0.15, 0.2) is 12.1 Å². The number of hydrogen-bond donors (Lipinski definition) is 2. The first kappa shape index (κ1) is 15.2. The first-order chi connectivity index (χ1) is 8.62. The van der Waals surface area contributed by atoms with Crippen LogP contribution in [0.5, 0.6) is 0 Å². The number of primary amides is 1. The standard InChI is InChI=1S/C10H7ClF4N2O2/c11-6-2-7(12)4(1-5(6)8(16)18)3-17-9(19)10(13,14)15/h1-2H,3H2,(H2,16,18)(H,17,19). The van der Waals surface area contributed by atoms with E-state index in [1.54, 1.807) is 0 Å². The van der Waals surface area contributed by atoms with Crippen LogP contribution in [0, 0.1) is 5.82 Å². The number of nitrogens with one attached hydrogen (secondary N) is 1. The second-order valence-corrected chi connectivity index (χ2v) is 3.88. The van der Waals surface area contributed by atoms with Gasteiger partial charge in [-0.2, -0.15) is 13.2 Å². The molecule has 1 aromatic carbocycles. The number of carbonyl (C=O) groups excluding carboxylic acids is 2. The van der Waals surface area contributed by atoms with Crippen LogP contribution in [-0.4, -0.2) is 18.0 Å². The summed E-state index contributed by atoms with van der Waals surface area (Å²) < 4.78 is 49.1. The van der Waals surface area contributed by atoms with Crippen molar-refractivity contribution < 1.29 is 27.2 Å². The number of halogens is 5. The number of hydrogen-bond acceptors (Lipinski definition) is 2. The third-order valence-corrected chi connectivity index (χ3v) is 2.41. The second-order valence-electron chi connectivity index (χ2n) is 3.47. The number of carbonyl (C=O) groups is 2. The van der Waals surface area contributed by atoms with Crippen molar-refractivity contribution in [1.82, 2.24) is 5.32 Å². The van der Waals surface area contributed by atoms with E-state index < -0.39 is 30.4 Å². The van der Waals surface area contributed by atoms with E-state index in [-0.39, 0.29) is 16.1 Å². The maximum Gasteiger partial charge on any atom is 0.471 e. The molecule has 0 aliphatic rings. The molecule has 0 aromatic heterocycles. The average Bonchev–Trinajstić information content (AvgIpc) is 2.25. The van der Waals surface area contributed by atoms with Gasteiger partial charge in [0.2, 0.25) is 5.91 Å². The van der Waals surface area contributed by atoms with E-state index in [1.807, 2.05) is 0 Å². The molecule has 0 bridgehead atoms. The van der Waals surface area contributed by atoms with Gasteiger partial charge in [-0.05, 0) is 12.1 Å². The Morgan fingerprint density at radius 1 is 1.32 bits per heavy atom. The Labute approximate surface area is 109 Å². The molecule has 0 unspecified atom stereocenters. The van der Waals surface area contributed by atoms with Crippen LogP contribution in [0.2, 0.25) is 5.02 Å². The number of nitrogens with two attached hydrogens (primary N) is 1. The average molecular weight is 299 g/mol. The predicted molar refractivity (Wildman–Crippen MR) is 57.8 cm³/mol. The molecule has 0 atom stereocenters. The van der Waals surface area contributed by atoms with E-state index in [1.165, 1.54) is 5.32 Å². The SMILES string of the molecule is NC(=O)c1cc(CNC(=O)C(F)(F)F)c(F)cc1Cl. The van der Waals surface area contributed by atoms with Crippen molar-refractivity contribution in [1.29, 1.82) is 0 Å². The minimum Gasteiger partial charge on any atom is -0.366 e. The summed E-state index contributed by atoms with van der Waals surface area (Å²) in [6.45, 7) is -0.748. The monoisotopic (exact) mass is 298 g/mol. The van der Waals surface area contributed by atoms with Crippen LogP contribution in [0.1, 0.15) is 15.9 Å². The van der Waals surface area contributed by atoms with Crippen molar-refractivity contribution >= 4 is 23.4 Å². The van der Waals surface area contributed by atoms with Crippen LogP contribution >= 0.6 is 11.6 Å². The minimum absolute atomic E-state index is 0.251. The lowest BCUT2D eigenvalue weighted by molar-refractivity contribution is -0.173. The fourth-order valence-electron chi connectivity index (χ4n) is 1.19. The molecule has 2 amide bonds. The van der Waals surface area contributed by atoms with Crippen LogP contribution in [-0.2, 0) is 11.3 Å². The Hall–Kier alpha value is -1.83. The van der Waals surface area contributed by atoms with Gasteiger partial charge in [0.15, 0.2) is 0 Å². The van der Waals surface area contributed by atoms with Gasteiger partial charge in [-0.15, -0.1) is 0 Å². The molecule has 0 saturated carbocycles. The molecule has 0 heterocycles. The molecule has 0 aliphatic carbocycles. The summed E-state index contributed by atoms with van der Waals surface area (Å²) in [6, 6.07) is 1.62. The van der Waals surface area contributed by atoms with Gasteiger partial charge < -0.3 is 11.1 Å². The van der Waals surface area contributed by atoms with Crippen LogP contribution < -0.4 is 11.1 Å². The zero-order valence-electron chi connectivity index (χ0n) is 9.15. The molecule has 4 nitrogen and oxygen atoms in total. The molecule has 1 rings (SSSR count). The quantitative estimate of drug-likeness (QED) is 0.835. The maximum absolute atomic E-state index is 13.4. The summed E-state index contributed by atoms with van der Waals surface area (Å²) in [7, 11) is 0. The van der Waals surface area contributed by atoms with Crippen molar-refractivity contribution in [3.8, 4) is 0 Å². The minimum atomic E-state index is -5.07. The van der Waals surface area contributed by atoms with Gasteiger partial charge in [-0.25, -0.2) is 4.39 Å². The van der Waals surface area contributed by atoms with E-state index in [4.69, 9.17) is 17.3 Å². The van der Waals surface area contributed by atoms with Crippen LogP contribution in [0.25, 0.3) is 0 Å². The zero-order valence-corrected chi connectivity index (χ0v) is 9.90. The van der Waals surface area contributed by atoms with Crippen molar-refractivity contribution in [2.24, 2.45) is 5.73 Å². The third-order valence-electron chi connectivity index (χ3n) is 2.10. The lowest BCUT2D eigenvalue weighted by Crippen LogP contribution is -2.36.